The molecule has 3 aromatic rings. The number of amides is 2. The van der Waals surface area contributed by atoms with Gasteiger partial charge < -0.3 is 20.7 Å². The topological polar surface area (TPSA) is 79.5 Å². The van der Waals surface area contributed by atoms with Crippen LogP contribution in [0.4, 0.5) is 5.69 Å². The van der Waals surface area contributed by atoms with E-state index in [9.17, 15) is 9.59 Å². The van der Waals surface area contributed by atoms with Crippen molar-refractivity contribution in [2.75, 3.05) is 25.6 Å². The highest BCUT2D eigenvalue weighted by atomic mass is 32.1. The first-order valence-electron chi connectivity index (χ1n) is 10.2. The van der Waals surface area contributed by atoms with Gasteiger partial charge in [0.25, 0.3) is 5.91 Å². The Morgan fingerprint density at radius 3 is 2.03 bits per heavy atom. The minimum absolute atomic E-state index is 0.115. The Morgan fingerprint density at radius 2 is 1.44 bits per heavy atom. The maximum absolute atomic E-state index is 13.2. The summed E-state index contributed by atoms with van der Waals surface area (Å²) in [5, 5.41) is 8.65. The van der Waals surface area contributed by atoms with Gasteiger partial charge in [-0.3, -0.25) is 9.59 Å². The van der Waals surface area contributed by atoms with Crippen molar-refractivity contribution >= 4 is 34.8 Å². The van der Waals surface area contributed by atoms with Crippen molar-refractivity contribution in [1.82, 2.24) is 10.6 Å². The first-order valence-corrected chi connectivity index (χ1v) is 10.6. The van der Waals surface area contributed by atoms with Gasteiger partial charge in [0.1, 0.15) is 0 Å². The van der Waals surface area contributed by atoms with Gasteiger partial charge in [0, 0.05) is 13.7 Å². The lowest BCUT2D eigenvalue weighted by atomic mass is 9.90. The number of carbonyl (C=O) groups is 2. The molecular formula is C25H25N3O3S. The summed E-state index contributed by atoms with van der Waals surface area (Å²) in [5.74, 6) is -1.04. The lowest BCUT2D eigenvalue weighted by Gasteiger charge is -2.19. The van der Waals surface area contributed by atoms with E-state index < -0.39 is 5.92 Å². The minimum Gasteiger partial charge on any atom is -0.383 e. The molecule has 0 spiro atoms. The van der Waals surface area contributed by atoms with Gasteiger partial charge in [-0.05, 0) is 35.5 Å². The van der Waals surface area contributed by atoms with E-state index in [-0.39, 0.29) is 16.9 Å². The van der Waals surface area contributed by atoms with Crippen LogP contribution in [0.25, 0.3) is 0 Å². The second-order valence-electron chi connectivity index (χ2n) is 6.99. The number of ether oxygens (including phenoxy) is 1. The number of nitrogens with one attached hydrogen (secondary N) is 3. The van der Waals surface area contributed by atoms with Crippen LogP contribution >= 0.6 is 12.2 Å². The molecule has 164 valence electrons. The fraction of sp³-hybridized carbons (Fsp3) is 0.160. The quantitative estimate of drug-likeness (QED) is 0.362. The van der Waals surface area contributed by atoms with Crippen LogP contribution in [0.15, 0.2) is 84.9 Å². The van der Waals surface area contributed by atoms with Gasteiger partial charge in [-0.2, -0.15) is 0 Å². The molecule has 0 saturated carbocycles. The molecule has 0 radical (unpaired) electrons. The fourth-order valence-electron chi connectivity index (χ4n) is 3.28. The predicted octanol–water partition coefficient (Wildman–Crippen LogP) is 3.71. The van der Waals surface area contributed by atoms with Crippen molar-refractivity contribution in [3.63, 3.8) is 0 Å². The van der Waals surface area contributed by atoms with Gasteiger partial charge in [0.15, 0.2) is 5.11 Å². The van der Waals surface area contributed by atoms with Crippen LogP contribution in [-0.2, 0) is 9.53 Å². The highest BCUT2D eigenvalue weighted by Gasteiger charge is 2.23. The van der Waals surface area contributed by atoms with Gasteiger partial charge in [-0.1, -0.05) is 72.8 Å². The summed E-state index contributed by atoms with van der Waals surface area (Å²) < 4.78 is 4.96. The van der Waals surface area contributed by atoms with Gasteiger partial charge in [-0.25, -0.2) is 0 Å². The first-order chi connectivity index (χ1) is 15.6. The number of carbonyl (C=O) groups excluding carboxylic acids is 2. The molecule has 0 aliphatic carbocycles. The molecule has 3 aromatic carbocycles. The summed E-state index contributed by atoms with van der Waals surface area (Å²) in [4.78, 5) is 25.7. The monoisotopic (exact) mass is 447 g/mol. The molecule has 0 aliphatic rings. The van der Waals surface area contributed by atoms with Crippen molar-refractivity contribution in [3.05, 3.63) is 102 Å². The number of hydrogen-bond donors (Lipinski definition) is 3. The van der Waals surface area contributed by atoms with Crippen LogP contribution < -0.4 is 16.0 Å². The largest absolute Gasteiger partial charge is 0.383 e. The second kappa shape index (κ2) is 11.7. The third-order valence-corrected chi connectivity index (χ3v) is 4.98. The summed E-state index contributed by atoms with van der Waals surface area (Å²) in [6.45, 7) is 0.802. The zero-order valence-corrected chi connectivity index (χ0v) is 18.5. The number of thiocarbonyl (C=S) groups is 1. The molecule has 0 atom stereocenters. The van der Waals surface area contributed by atoms with Crippen LogP contribution in [0.3, 0.4) is 0 Å². The molecule has 0 aromatic heterocycles. The predicted molar refractivity (Wildman–Crippen MR) is 130 cm³/mol. The third kappa shape index (κ3) is 6.23. The zero-order valence-electron chi connectivity index (χ0n) is 17.7. The van der Waals surface area contributed by atoms with E-state index in [0.29, 0.717) is 24.4 Å². The van der Waals surface area contributed by atoms with Crippen LogP contribution in [-0.4, -0.2) is 37.2 Å². The molecule has 0 heterocycles. The van der Waals surface area contributed by atoms with Crippen LogP contribution in [0, 0.1) is 0 Å². The number of anilines is 1. The van der Waals surface area contributed by atoms with Gasteiger partial charge in [-0.15, -0.1) is 0 Å². The summed E-state index contributed by atoms with van der Waals surface area (Å²) in [6, 6.07) is 26.0. The number of rotatable bonds is 8. The maximum Gasteiger partial charge on any atom is 0.253 e. The Labute approximate surface area is 193 Å². The van der Waals surface area contributed by atoms with Crippen molar-refractivity contribution in [2.24, 2.45) is 0 Å². The lowest BCUT2D eigenvalue weighted by Crippen LogP contribution is -2.38. The Morgan fingerprint density at radius 1 is 0.875 bits per heavy atom. The molecule has 7 heteroatoms. The number of para-hydroxylation sites is 1. The van der Waals surface area contributed by atoms with Crippen LogP contribution in [0.5, 0.6) is 0 Å². The highest BCUT2D eigenvalue weighted by Crippen LogP contribution is 2.25. The Balaban J connectivity index is 1.74. The number of benzene rings is 3. The Kier molecular flexibility index (Phi) is 8.48. The van der Waals surface area contributed by atoms with Crippen LogP contribution in [0.2, 0.25) is 0 Å². The molecule has 32 heavy (non-hydrogen) atoms. The van der Waals surface area contributed by atoms with E-state index in [4.69, 9.17) is 17.0 Å². The third-order valence-electron chi connectivity index (χ3n) is 4.78. The van der Waals surface area contributed by atoms with Crippen LogP contribution in [0.1, 0.15) is 27.4 Å². The second-order valence-corrected chi connectivity index (χ2v) is 7.40. The number of hydrogen-bond acceptors (Lipinski definition) is 4. The SMILES string of the molecule is COCCNC(=O)c1ccccc1NC(=S)NC(=O)C(c1ccccc1)c1ccccc1. The lowest BCUT2D eigenvalue weighted by molar-refractivity contribution is -0.120. The van der Waals surface area contributed by atoms with Crippen molar-refractivity contribution < 1.29 is 14.3 Å². The van der Waals surface area contributed by atoms with Crippen molar-refractivity contribution in [1.29, 1.82) is 0 Å². The molecule has 2 amide bonds. The van der Waals surface area contributed by atoms with E-state index in [1.807, 2.05) is 60.7 Å². The molecule has 3 N–H and O–H groups in total. The average molecular weight is 448 g/mol. The van der Waals surface area contributed by atoms with E-state index >= 15 is 0 Å². The van der Waals surface area contributed by atoms with Crippen molar-refractivity contribution in [3.8, 4) is 0 Å². The molecule has 0 fully saturated rings. The van der Waals surface area contributed by atoms with E-state index in [0.717, 1.165) is 11.1 Å². The smallest absolute Gasteiger partial charge is 0.253 e. The minimum atomic E-state index is -0.523. The molecule has 6 nitrogen and oxygen atoms in total. The van der Waals surface area contributed by atoms with Gasteiger partial charge in [0.05, 0.1) is 23.8 Å². The van der Waals surface area contributed by atoms with E-state index in [1.165, 1.54) is 0 Å². The Bertz CT molecular complexity index is 1020. The van der Waals surface area contributed by atoms with Crippen molar-refractivity contribution in [2.45, 2.75) is 5.92 Å². The summed E-state index contributed by atoms with van der Waals surface area (Å²) >= 11 is 5.39. The highest BCUT2D eigenvalue weighted by molar-refractivity contribution is 7.80. The average Bonchev–Trinajstić information content (AvgIpc) is 2.81. The first kappa shape index (κ1) is 23.1. The normalized spacial score (nSPS) is 10.4. The molecule has 0 aliphatic heterocycles. The number of methoxy groups -OCH3 is 1. The zero-order chi connectivity index (χ0) is 22.8. The summed E-state index contributed by atoms with van der Waals surface area (Å²) in [7, 11) is 1.57. The molecule has 0 bridgehead atoms. The van der Waals surface area contributed by atoms with E-state index in [2.05, 4.69) is 16.0 Å². The summed E-state index contributed by atoms with van der Waals surface area (Å²) in [6.07, 6.45) is 0. The Hall–Kier alpha value is -3.55. The molecule has 0 unspecified atom stereocenters. The summed E-state index contributed by atoms with van der Waals surface area (Å²) in [5.41, 5.74) is 2.64. The molecule has 3 rings (SSSR count). The van der Waals surface area contributed by atoms with Gasteiger partial charge >= 0.3 is 0 Å². The van der Waals surface area contributed by atoms with Gasteiger partial charge in [0.2, 0.25) is 5.91 Å². The molecule has 0 saturated heterocycles. The fourth-order valence-corrected chi connectivity index (χ4v) is 3.49. The van der Waals surface area contributed by atoms with E-state index in [1.54, 1.807) is 31.4 Å². The maximum atomic E-state index is 13.2. The molecular weight excluding hydrogens is 422 g/mol. The standard InChI is InChI=1S/C25H25N3O3S/c1-31-17-16-26-23(29)20-14-8-9-15-21(20)27-25(32)28-24(30)22(18-10-4-2-5-11-18)19-12-6-3-7-13-19/h2-15,22H,16-17H2,1H3,(H,26,29)(H2,27,28,30,32).